The first-order valence-electron chi connectivity index (χ1n) is 6.25. The lowest BCUT2D eigenvalue weighted by molar-refractivity contribution is -0.143. The molecule has 1 N–H and O–H groups in total. The summed E-state index contributed by atoms with van der Waals surface area (Å²) in [6.45, 7) is 8.06. The lowest BCUT2D eigenvalue weighted by Gasteiger charge is -2.14. The number of carbonyl (C=O) groups is 1. The minimum Gasteiger partial charge on any atom is -0.466 e. The maximum Gasteiger partial charge on any atom is 0.305 e. The number of aryl methyl sites for hydroxylation is 2. The number of aromatic nitrogens is 2. The highest BCUT2D eigenvalue weighted by Gasteiger charge is 2.08. The Balaban J connectivity index is 2.44. The van der Waals surface area contributed by atoms with Gasteiger partial charge in [-0.05, 0) is 34.1 Å². The first-order chi connectivity index (χ1) is 8.51. The van der Waals surface area contributed by atoms with Crippen LogP contribution in [0.3, 0.4) is 0 Å². The van der Waals surface area contributed by atoms with Crippen LogP contribution in [0.1, 0.15) is 38.2 Å². The molecule has 0 saturated carbocycles. The lowest BCUT2D eigenvalue weighted by Crippen LogP contribution is -2.18. The van der Waals surface area contributed by atoms with Gasteiger partial charge >= 0.3 is 5.97 Å². The summed E-state index contributed by atoms with van der Waals surface area (Å²) in [5.41, 5.74) is 0.933. The Bertz CT molecular complexity index is 387. The molecule has 0 aliphatic heterocycles. The predicted molar refractivity (Wildman–Crippen MR) is 70.5 cm³/mol. The van der Waals surface area contributed by atoms with Crippen molar-refractivity contribution in [2.24, 2.45) is 0 Å². The van der Waals surface area contributed by atoms with E-state index in [0.717, 1.165) is 23.8 Å². The van der Waals surface area contributed by atoms with Gasteiger partial charge in [0, 0.05) is 24.2 Å². The fraction of sp³-hybridized carbons (Fsp3) is 0.615. The van der Waals surface area contributed by atoms with Crippen molar-refractivity contribution in [3.8, 4) is 0 Å². The Hall–Kier alpha value is -1.65. The van der Waals surface area contributed by atoms with Crippen LogP contribution in [0.5, 0.6) is 0 Å². The van der Waals surface area contributed by atoms with Crippen LogP contribution in [-0.4, -0.2) is 28.6 Å². The summed E-state index contributed by atoms with van der Waals surface area (Å²) in [5.74, 6) is 1.40. The van der Waals surface area contributed by atoms with E-state index in [9.17, 15) is 4.79 Å². The lowest BCUT2D eigenvalue weighted by atomic mass is 10.2. The maximum atomic E-state index is 11.2. The van der Waals surface area contributed by atoms with E-state index in [2.05, 4.69) is 15.3 Å². The van der Waals surface area contributed by atoms with Crippen molar-refractivity contribution in [2.45, 2.75) is 46.6 Å². The van der Waals surface area contributed by atoms with E-state index in [0.29, 0.717) is 13.0 Å². The molecule has 0 aliphatic rings. The van der Waals surface area contributed by atoms with E-state index in [1.165, 1.54) is 0 Å². The van der Waals surface area contributed by atoms with Gasteiger partial charge in [-0.25, -0.2) is 9.97 Å². The number of carbonyl (C=O) groups excluding carboxylic acids is 1. The minimum absolute atomic E-state index is 0.152. The van der Waals surface area contributed by atoms with Gasteiger partial charge in [-0.2, -0.15) is 0 Å². The molecule has 0 aromatic carbocycles. The average molecular weight is 251 g/mol. The summed E-state index contributed by atoms with van der Waals surface area (Å²) < 4.78 is 4.89. The van der Waals surface area contributed by atoms with Gasteiger partial charge < -0.3 is 10.1 Å². The highest BCUT2D eigenvalue weighted by Crippen LogP contribution is 2.10. The summed E-state index contributed by atoms with van der Waals surface area (Å²) in [7, 11) is 0. The maximum absolute atomic E-state index is 11.2. The zero-order valence-corrected chi connectivity index (χ0v) is 11.5. The quantitative estimate of drug-likeness (QED) is 0.785. The Morgan fingerprint density at radius 1 is 1.44 bits per heavy atom. The highest BCUT2D eigenvalue weighted by atomic mass is 16.5. The van der Waals surface area contributed by atoms with E-state index in [-0.39, 0.29) is 12.0 Å². The molecule has 1 unspecified atom stereocenters. The fourth-order valence-electron chi connectivity index (χ4n) is 1.68. The molecule has 1 heterocycles. The first-order valence-corrected chi connectivity index (χ1v) is 6.25. The van der Waals surface area contributed by atoms with Crippen molar-refractivity contribution in [1.82, 2.24) is 9.97 Å². The number of esters is 1. The second kappa shape index (κ2) is 6.93. The number of nitrogens with zero attached hydrogens (tertiary/aromatic N) is 2. The molecule has 0 bridgehead atoms. The van der Waals surface area contributed by atoms with Crippen LogP contribution in [0.4, 0.5) is 5.82 Å². The Labute approximate surface area is 108 Å². The van der Waals surface area contributed by atoms with Gasteiger partial charge in [-0.3, -0.25) is 4.79 Å². The second-order valence-corrected chi connectivity index (χ2v) is 4.33. The van der Waals surface area contributed by atoms with Gasteiger partial charge in [0.05, 0.1) is 6.61 Å². The largest absolute Gasteiger partial charge is 0.466 e. The van der Waals surface area contributed by atoms with E-state index in [1.807, 2.05) is 33.8 Å². The standard InChI is InChI=1S/C13H21N3O2/c1-5-18-13(17)7-6-9(2)15-12-8-10(3)14-11(4)16-12/h8-9H,5-7H2,1-4H3,(H,14,15,16). The van der Waals surface area contributed by atoms with Gasteiger partial charge in [0.15, 0.2) is 0 Å². The first kappa shape index (κ1) is 14.4. The molecule has 100 valence electrons. The normalized spacial score (nSPS) is 12.0. The van der Waals surface area contributed by atoms with Gasteiger partial charge in [-0.1, -0.05) is 0 Å². The van der Waals surface area contributed by atoms with E-state index in [4.69, 9.17) is 4.74 Å². The molecule has 0 amide bonds. The Morgan fingerprint density at radius 3 is 2.78 bits per heavy atom. The monoisotopic (exact) mass is 251 g/mol. The van der Waals surface area contributed by atoms with Crippen LogP contribution in [0.25, 0.3) is 0 Å². The molecule has 5 heteroatoms. The number of ether oxygens (including phenoxy) is 1. The second-order valence-electron chi connectivity index (χ2n) is 4.33. The van der Waals surface area contributed by atoms with Crippen LogP contribution < -0.4 is 5.32 Å². The smallest absolute Gasteiger partial charge is 0.305 e. The van der Waals surface area contributed by atoms with E-state index < -0.39 is 0 Å². The molecular formula is C13H21N3O2. The third-order valence-corrected chi connectivity index (χ3v) is 2.45. The molecule has 0 saturated heterocycles. The topological polar surface area (TPSA) is 64.1 Å². The average Bonchev–Trinajstić information content (AvgIpc) is 2.25. The molecule has 0 fully saturated rings. The van der Waals surface area contributed by atoms with E-state index in [1.54, 1.807) is 0 Å². The molecule has 0 spiro atoms. The highest BCUT2D eigenvalue weighted by molar-refractivity contribution is 5.69. The molecule has 1 aromatic heterocycles. The molecule has 1 aromatic rings. The van der Waals surface area contributed by atoms with Crippen molar-refractivity contribution < 1.29 is 9.53 Å². The zero-order chi connectivity index (χ0) is 13.5. The van der Waals surface area contributed by atoms with Crippen molar-refractivity contribution in [3.63, 3.8) is 0 Å². The number of rotatable bonds is 6. The molecule has 0 radical (unpaired) electrons. The van der Waals surface area contributed by atoms with Crippen molar-refractivity contribution in [1.29, 1.82) is 0 Å². The van der Waals surface area contributed by atoms with Gasteiger partial charge in [-0.15, -0.1) is 0 Å². The van der Waals surface area contributed by atoms with Gasteiger partial charge in [0.2, 0.25) is 0 Å². The molecule has 18 heavy (non-hydrogen) atoms. The van der Waals surface area contributed by atoms with Crippen molar-refractivity contribution in [2.75, 3.05) is 11.9 Å². The number of anilines is 1. The summed E-state index contributed by atoms with van der Waals surface area (Å²) in [6.07, 6.45) is 1.14. The summed E-state index contributed by atoms with van der Waals surface area (Å²) in [4.78, 5) is 19.7. The van der Waals surface area contributed by atoms with E-state index >= 15 is 0 Å². The van der Waals surface area contributed by atoms with Crippen LogP contribution in [0.15, 0.2) is 6.07 Å². The van der Waals surface area contributed by atoms with Crippen LogP contribution >= 0.6 is 0 Å². The summed E-state index contributed by atoms with van der Waals surface area (Å²) in [5, 5.41) is 3.26. The Morgan fingerprint density at radius 2 is 2.17 bits per heavy atom. The number of hydrogen-bond donors (Lipinski definition) is 1. The third kappa shape index (κ3) is 5.12. The Kier molecular flexibility index (Phi) is 5.55. The van der Waals surface area contributed by atoms with Gasteiger partial charge in [0.25, 0.3) is 0 Å². The van der Waals surface area contributed by atoms with Crippen LogP contribution in [0.2, 0.25) is 0 Å². The van der Waals surface area contributed by atoms with Crippen LogP contribution in [-0.2, 0) is 9.53 Å². The molecule has 5 nitrogen and oxygen atoms in total. The zero-order valence-electron chi connectivity index (χ0n) is 11.5. The third-order valence-electron chi connectivity index (χ3n) is 2.45. The van der Waals surface area contributed by atoms with Crippen molar-refractivity contribution in [3.05, 3.63) is 17.6 Å². The molecule has 1 rings (SSSR count). The molecular weight excluding hydrogens is 230 g/mol. The SMILES string of the molecule is CCOC(=O)CCC(C)Nc1cc(C)nc(C)n1. The van der Waals surface area contributed by atoms with Crippen LogP contribution in [0, 0.1) is 13.8 Å². The molecule has 0 aliphatic carbocycles. The summed E-state index contributed by atoms with van der Waals surface area (Å²) >= 11 is 0. The van der Waals surface area contributed by atoms with Crippen molar-refractivity contribution >= 4 is 11.8 Å². The summed E-state index contributed by atoms with van der Waals surface area (Å²) in [6, 6.07) is 2.07. The minimum atomic E-state index is -0.152. The predicted octanol–water partition coefficient (Wildman–Crippen LogP) is 2.24. The molecule has 1 atom stereocenters. The fourth-order valence-corrected chi connectivity index (χ4v) is 1.68. The number of hydrogen-bond acceptors (Lipinski definition) is 5. The van der Waals surface area contributed by atoms with Gasteiger partial charge in [0.1, 0.15) is 11.6 Å². The number of nitrogens with one attached hydrogen (secondary N) is 1.